The van der Waals surface area contributed by atoms with Crippen molar-refractivity contribution in [2.45, 2.75) is 13.8 Å². The Bertz CT molecular complexity index is 121. The van der Waals surface area contributed by atoms with E-state index < -0.39 is 0 Å². The minimum atomic E-state index is -0.235. The average Bonchev–Trinajstić information content (AvgIpc) is 2.03. The third-order valence-corrected chi connectivity index (χ3v) is 3.79. The molecular weight excluding hydrogens is 236 g/mol. The van der Waals surface area contributed by atoms with Crippen LogP contribution in [0.15, 0.2) is 0 Å². The molecule has 0 fully saturated rings. The SMILES string of the molecule is CCN(CC)C(=O)OS[S][Zn]. The van der Waals surface area contributed by atoms with Crippen LogP contribution in [0.4, 0.5) is 4.79 Å². The van der Waals surface area contributed by atoms with Gasteiger partial charge >= 0.3 is 83.9 Å². The van der Waals surface area contributed by atoms with Gasteiger partial charge in [-0.05, 0) is 0 Å². The maximum atomic E-state index is 11.0. The Morgan fingerprint density at radius 1 is 1.55 bits per heavy atom. The van der Waals surface area contributed by atoms with Crippen LogP contribution >= 0.6 is 19.9 Å². The zero-order valence-corrected chi connectivity index (χ0v) is 11.3. The van der Waals surface area contributed by atoms with E-state index in [2.05, 4.69) is 0 Å². The van der Waals surface area contributed by atoms with Crippen molar-refractivity contribution in [3.63, 3.8) is 0 Å². The van der Waals surface area contributed by atoms with Crippen molar-refractivity contribution >= 4 is 26.0 Å². The van der Waals surface area contributed by atoms with Crippen molar-refractivity contribution < 1.29 is 26.1 Å². The van der Waals surface area contributed by atoms with Gasteiger partial charge in [0.05, 0.1) is 0 Å². The molecule has 0 aromatic rings. The third kappa shape index (κ3) is 4.93. The summed E-state index contributed by atoms with van der Waals surface area (Å²) in [5.74, 6) is 0. The Balaban J connectivity index is 3.61. The quantitative estimate of drug-likeness (QED) is 0.432. The van der Waals surface area contributed by atoms with Gasteiger partial charge in [-0.2, -0.15) is 0 Å². The molecule has 0 aromatic heterocycles. The van der Waals surface area contributed by atoms with E-state index in [1.165, 1.54) is 0 Å². The van der Waals surface area contributed by atoms with Crippen molar-refractivity contribution in [3.05, 3.63) is 0 Å². The van der Waals surface area contributed by atoms with Crippen LogP contribution in [0.3, 0.4) is 0 Å². The molecule has 0 saturated heterocycles. The van der Waals surface area contributed by atoms with E-state index in [-0.39, 0.29) is 6.09 Å². The summed E-state index contributed by atoms with van der Waals surface area (Å²) in [4.78, 5) is 12.7. The summed E-state index contributed by atoms with van der Waals surface area (Å²) in [6, 6.07) is 0. The van der Waals surface area contributed by atoms with Crippen LogP contribution in [-0.4, -0.2) is 24.1 Å². The van der Waals surface area contributed by atoms with Gasteiger partial charge in [0.1, 0.15) is 0 Å². The first-order chi connectivity index (χ1) is 5.26. The van der Waals surface area contributed by atoms with Crippen LogP contribution in [0.5, 0.6) is 0 Å². The minimum absolute atomic E-state index is 0.235. The standard InChI is InChI=1S/C5H11NO2S2.Zn/c1-3-6(4-2)5(7)8-10-9;/h9H,3-4H2,1-2H3;/q;+1/p-1. The van der Waals surface area contributed by atoms with Crippen LogP contribution in [-0.2, 0) is 21.3 Å². The number of amides is 1. The fourth-order valence-corrected chi connectivity index (χ4v) is 2.03. The van der Waals surface area contributed by atoms with E-state index in [9.17, 15) is 4.79 Å². The second kappa shape index (κ2) is 7.25. The monoisotopic (exact) mass is 244 g/mol. The Hall–Kier alpha value is 0.593. The average molecular weight is 246 g/mol. The van der Waals surface area contributed by atoms with Gasteiger partial charge in [0.25, 0.3) is 0 Å². The molecule has 6 heteroatoms. The zero-order chi connectivity index (χ0) is 8.69. The predicted octanol–water partition coefficient (Wildman–Crippen LogP) is 2.22. The molecule has 0 aliphatic carbocycles. The normalized spacial score (nSPS) is 9.45. The molecule has 0 saturated carbocycles. The number of carbonyl (C=O) groups excluding carboxylic acids is 1. The first-order valence-electron chi connectivity index (χ1n) is 3.30. The van der Waals surface area contributed by atoms with Crippen molar-refractivity contribution in [3.8, 4) is 0 Å². The first-order valence-corrected chi connectivity index (χ1v) is 9.18. The predicted molar refractivity (Wildman–Crippen MR) is 44.6 cm³/mol. The number of hydrogen-bond acceptors (Lipinski definition) is 4. The van der Waals surface area contributed by atoms with Gasteiger partial charge in [0.15, 0.2) is 0 Å². The van der Waals surface area contributed by atoms with E-state index >= 15 is 0 Å². The maximum absolute atomic E-state index is 11.0. The van der Waals surface area contributed by atoms with Crippen LogP contribution in [0, 0.1) is 0 Å². The molecule has 0 heterocycles. The molecule has 11 heavy (non-hydrogen) atoms. The Morgan fingerprint density at radius 2 is 2.09 bits per heavy atom. The summed E-state index contributed by atoms with van der Waals surface area (Å²) in [7, 11) is 1.54. The van der Waals surface area contributed by atoms with Crippen molar-refractivity contribution in [2.75, 3.05) is 13.1 Å². The molecule has 0 radical (unpaired) electrons. The summed E-state index contributed by atoms with van der Waals surface area (Å²) < 4.78 is 4.83. The second-order valence-electron chi connectivity index (χ2n) is 1.71. The van der Waals surface area contributed by atoms with E-state index in [0.29, 0.717) is 13.1 Å². The molecule has 0 aliphatic heterocycles. The molecule has 3 nitrogen and oxygen atoms in total. The molecule has 0 unspecified atom stereocenters. The Kier molecular flexibility index (Phi) is 7.64. The number of rotatable bonds is 4. The van der Waals surface area contributed by atoms with E-state index in [0.717, 1.165) is 28.2 Å². The molecular formula is C5H10NO2S2Zn. The topological polar surface area (TPSA) is 29.5 Å². The van der Waals surface area contributed by atoms with Gasteiger partial charge in [-0.25, -0.2) is 0 Å². The number of nitrogens with zero attached hydrogens (tertiary/aromatic N) is 1. The van der Waals surface area contributed by atoms with Crippen molar-refractivity contribution in [1.29, 1.82) is 0 Å². The summed E-state index contributed by atoms with van der Waals surface area (Å²) in [5, 5.41) is 0. The molecule has 0 N–H and O–H groups in total. The van der Waals surface area contributed by atoms with Gasteiger partial charge in [-0.3, -0.25) is 0 Å². The van der Waals surface area contributed by atoms with Gasteiger partial charge in [-0.15, -0.1) is 0 Å². The van der Waals surface area contributed by atoms with E-state index in [4.69, 9.17) is 4.18 Å². The van der Waals surface area contributed by atoms with Crippen molar-refractivity contribution in [2.24, 2.45) is 0 Å². The summed E-state index contributed by atoms with van der Waals surface area (Å²) >= 11 is 2.22. The zero-order valence-electron chi connectivity index (χ0n) is 6.70. The Morgan fingerprint density at radius 3 is 2.45 bits per heavy atom. The molecule has 1 amide bonds. The van der Waals surface area contributed by atoms with Gasteiger partial charge in [0.2, 0.25) is 0 Å². The first kappa shape index (κ1) is 11.6. The summed E-state index contributed by atoms with van der Waals surface area (Å²) in [5.41, 5.74) is 0. The molecule has 0 aromatic carbocycles. The number of hydrogen-bond donors (Lipinski definition) is 0. The molecule has 0 bridgehead atoms. The second-order valence-corrected chi connectivity index (χ2v) is 7.81. The van der Waals surface area contributed by atoms with Crippen LogP contribution in [0.2, 0.25) is 0 Å². The van der Waals surface area contributed by atoms with Crippen LogP contribution in [0.1, 0.15) is 13.8 Å². The van der Waals surface area contributed by atoms with Gasteiger partial charge < -0.3 is 0 Å². The molecule has 61 valence electrons. The molecule has 0 rings (SSSR count). The molecule has 0 spiro atoms. The molecule has 0 aliphatic rings. The third-order valence-electron chi connectivity index (χ3n) is 1.18. The van der Waals surface area contributed by atoms with Crippen LogP contribution < -0.4 is 0 Å². The van der Waals surface area contributed by atoms with Gasteiger partial charge in [-0.1, -0.05) is 0 Å². The summed E-state index contributed by atoms with van der Waals surface area (Å²) in [6.45, 7) is 5.28. The van der Waals surface area contributed by atoms with E-state index in [1.807, 2.05) is 13.8 Å². The number of carbonyl (C=O) groups is 1. The van der Waals surface area contributed by atoms with Gasteiger partial charge in [0, 0.05) is 0 Å². The van der Waals surface area contributed by atoms with E-state index in [1.54, 1.807) is 13.7 Å². The fraction of sp³-hybridized carbons (Fsp3) is 0.800. The summed E-state index contributed by atoms with van der Waals surface area (Å²) in [6.07, 6.45) is -0.235. The van der Waals surface area contributed by atoms with Crippen LogP contribution in [0.25, 0.3) is 0 Å². The fourth-order valence-electron chi connectivity index (χ4n) is 0.588. The molecule has 0 atom stereocenters. The Labute approximate surface area is 83.7 Å². The van der Waals surface area contributed by atoms with Crippen molar-refractivity contribution in [1.82, 2.24) is 4.90 Å².